The summed E-state index contributed by atoms with van der Waals surface area (Å²) >= 11 is 0. The van der Waals surface area contributed by atoms with E-state index in [0.29, 0.717) is 5.75 Å². The van der Waals surface area contributed by atoms with Gasteiger partial charge in [-0.05, 0) is 36.1 Å². The normalized spacial score (nSPS) is 22.7. The van der Waals surface area contributed by atoms with Gasteiger partial charge >= 0.3 is 0 Å². The van der Waals surface area contributed by atoms with Crippen LogP contribution in [-0.2, 0) is 32.4 Å². The molecule has 176 valence electrons. The van der Waals surface area contributed by atoms with Gasteiger partial charge in [-0.25, -0.2) is 13.1 Å². The van der Waals surface area contributed by atoms with Gasteiger partial charge < -0.3 is 19.9 Å². The summed E-state index contributed by atoms with van der Waals surface area (Å²) in [6, 6.07) is 13.5. The molecule has 0 saturated carbocycles. The van der Waals surface area contributed by atoms with Gasteiger partial charge in [0.25, 0.3) is 0 Å². The Kier molecular flexibility index (Phi) is 7.14. The van der Waals surface area contributed by atoms with E-state index in [1.54, 1.807) is 24.3 Å². The zero-order valence-electron chi connectivity index (χ0n) is 18.3. The van der Waals surface area contributed by atoms with Gasteiger partial charge in [0, 0.05) is 12.1 Å². The second-order valence-corrected chi connectivity index (χ2v) is 9.97. The number of nitrogens with one attached hydrogen (secondary N) is 2. The predicted octanol–water partition coefficient (Wildman–Crippen LogP) is 1.33. The fourth-order valence-electron chi connectivity index (χ4n) is 4.26. The monoisotopic (exact) mass is 472 g/mol. The summed E-state index contributed by atoms with van der Waals surface area (Å²) in [5.74, 6) is 0.276. The smallest absolute Gasteiger partial charge is 0.241 e. The van der Waals surface area contributed by atoms with Gasteiger partial charge in [0.05, 0.1) is 37.2 Å². The molecule has 1 aliphatic heterocycles. The maximum absolute atomic E-state index is 12.8. The maximum atomic E-state index is 12.8. The first-order valence-corrected chi connectivity index (χ1v) is 12.3. The third kappa shape index (κ3) is 5.62. The Bertz CT molecular complexity index is 1110. The molecule has 0 saturated heterocycles. The highest BCUT2D eigenvalue weighted by Crippen LogP contribution is 2.23. The van der Waals surface area contributed by atoms with Crippen molar-refractivity contribution in [2.75, 3.05) is 13.7 Å². The first-order valence-electron chi connectivity index (χ1n) is 10.8. The molecule has 0 aromatic heterocycles. The summed E-state index contributed by atoms with van der Waals surface area (Å²) in [5, 5.41) is 12.8. The number of rotatable bonds is 8. The van der Waals surface area contributed by atoms with Crippen molar-refractivity contribution in [1.82, 2.24) is 10.0 Å². The largest absolute Gasteiger partial charge is 0.497 e. The summed E-state index contributed by atoms with van der Waals surface area (Å²) in [6.45, 7) is -0.397. The highest BCUT2D eigenvalue weighted by Gasteiger charge is 2.32. The van der Waals surface area contributed by atoms with E-state index in [-0.39, 0.29) is 23.3 Å². The van der Waals surface area contributed by atoms with E-state index < -0.39 is 34.9 Å². The van der Waals surface area contributed by atoms with Crippen molar-refractivity contribution in [3.8, 4) is 5.75 Å². The topological polar surface area (TPSA) is 114 Å². The van der Waals surface area contributed by atoms with Crippen LogP contribution in [0.5, 0.6) is 5.75 Å². The molecule has 1 amide bonds. The lowest BCUT2D eigenvalue weighted by Crippen LogP contribution is -2.49. The number of aliphatic hydroxyl groups is 1. The van der Waals surface area contributed by atoms with Crippen LogP contribution in [0.1, 0.15) is 17.5 Å². The van der Waals surface area contributed by atoms with Crippen molar-refractivity contribution >= 4 is 15.9 Å². The Balaban J connectivity index is 1.35. The van der Waals surface area contributed by atoms with Crippen molar-refractivity contribution in [1.29, 1.82) is 0 Å². The standard InChI is InChI=1S/C24H28N2O6S/c1-31-19-7-4-8-21(13-19)33(29,30)26-22-10-9-20(32-23(22)15-27)14-24(28)25-18-11-16-5-2-3-6-17(16)12-18/h2-10,13,18,20,22-23,26-27H,11-12,14-15H2,1H3,(H,25,28)/t20-,22+,23+/m1/s1. The van der Waals surface area contributed by atoms with Crippen molar-refractivity contribution in [3.63, 3.8) is 0 Å². The molecule has 8 nitrogen and oxygen atoms in total. The van der Waals surface area contributed by atoms with Crippen LogP contribution in [0, 0.1) is 0 Å². The second-order valence-electron chi connectivity index (χ2n) is 8.25. The molecule has 2 aromatic carbocycles. The number of fused-ring (bicyclic) bond motifs is 1. The average Bonchev–Trinajstić information content (AvgIpc) is 3.22. The van der Waals surface area contributed by atoms with Crippen LogP contribution < -0.4 is 14.8 Å². The molecular formula is C24H28N2O6S. The number of carbonyl (C=O) groups is 1. The Morgan fingerprint density at radius 2 is 1.85 bits per heavy atom. The van der Waals surface area contributed by atoms with Crippen LogP contribution in [0.2, 0.25) is 0 Å². The molecular weight excluding hydrogens is 444 g/mol. The third-order valence-electron chi connectivity index (χ3n) is 5.91. The molecule has 2 aromatic rings. The van der Waals surface area contributed by atoms with Crippen LogP contribution in [0.15, 0.2) is 65.6 Å². The molecule has 3 atom stereocenters. The van der Waals surface area contributed by atoms with Crippen molar-refractivity contribution in [3.05, 3.63) is 71.8 Å². The lowest BCUT2D eigenvalue weighted by molar-refractivity contribution is -0.125. The minimum atomic E-state index is -3.87. The van der Waals surface area contributed by atoms with E-state index in [1.807, 2.05) is 12.1 Å². The molecule has 0 bridgehead atoms. The molecule has 0 fully saturated rings. The van der Waals surface area contributed by atoms with E-state index in [2.05, 4.69) is 22.2 Å². The molecule has 0 radical (unpaired) electrons. The van der Waals surface area contributed by atoms with E-state index in [9.17, 15) is 18.3 Å². The summed E-state index contributed by atoms with van der Waals surface area (Å²) in [4.78, 5) is 12.6. The van der Waals surface area contributed by atoms with Gasteiger partial charge in [-0.2, -0.15) is 0 Å². The minimum absolute atomic E-state index is 0.0472. The van der Waals surface area contributed by atoms with Crippen molar-refractivity contribution < 1.29 is 27.8 Å². The SMILES string of the molecule is COc1cccc(S(=O)(=O)N[C@H]2C=C[C@H](CC(=O)NC3Cc4ccccc4C3)O[C@H]2CO)c1. The molecule has 2 aliphatic rings. The summed E-state index contributed by atoms with van der Waals surface area (Å²) in [7, 11) is -2.41. The molecule has 1 heterocycles. The van der Waals surface area contributed by atoms with E-state index in [1.165, 1.54) is 30.4 Å². The Hall–Kier alpha value is -2.72. The highest BCUT2D eigenvalue weighted by molar-refractivity contribution is 7.89. The lowest BCUT2D eigenvalue weighted by Gasteiger charge is -2.31. The van der Waals surface area contributed by atoms with Crippen molar-refractivity contribution in [2.24, 2.45) is 0 Å². The van der Waals surface area contributed by atoms with Gasteiger partial charge in [-0.1, -0.05) is 42.5 Å². The van der Waals surface area contributed by atoms with Gasteiger partial charge in [0.2, 0.25) is 15.9 Å². The number of hydrogen-bond donors (Lipinski definition) is 3. The fraction of sp³-hybridized carbons (Fsp3) is 0.375. The maximum Gasteiger partial charge on any atom is 0.241 e. The van der Waals surface area contributed by atoms with E-state index >= 15 is 0 Å². The van der Waals surface area contributed by atoms with Gasteiger partial charge in [0.15, 0.2) is 0 Å². The van der Waals surface area contributed by atoms with Crippen molar-refractivity contribution in [2.45, 2.75) is 48.4 Å². The predicted molar refractivity (Wildman–Crippen MR) is 122 cm³/mol. The second kappa shape index (κ2) is 10.0. The first-order chi connectivity index (χ1) is 15.9. The van der Waals surface area contributed by atoms with Crippen LogP contribution in [0.25, 0.3) is 0 Å². The molecule has 1 aliphatic carbocycles. The quantitative estimate of drug-likeness (QED) is 0.500. The Morgan fingerprint density at radius 1 is 1.12 bits per heavy atom. The first kappa shape index (κ1) is 23.4. The highest BCUT2D eigenvalue weighted by atomic mass is 32.2. The number of ether oxygens (including phenoxy) is 2. The number of benzene rings is 2. The third-order valence-corrected chi connectivity index (χ3v) is 7.37. The Morgan fingerprint density at radius 3 is 2.52 bits per heavy atom. The van der Waals surface area contributed by atoms with Gasteiger partial charge in [-0.3, -0.25) is 4.79 Å². The van der Waals surface area contributed by atoms with Crippen LogP contribution in [-0.4, -0.2) is 57.4 Å². The number of methoxy groups -OCH3 is 1. The van der Waals surface area contributed by atoms with E-state index in [0.717, 1.165) is 12.8 Å². The number of hydrogen-bond acceptors (Lipinski definition) is 6. The van der Waals surface area contributed by atoms with Crippen LogP contribution >= 0.6 is 0 Å². The number of carbonyl (C=O) groups excluding carboxylic acids is 1. The zero-order valence-corrected chi connectivity index (χ0v) is 19.1. The van der Waals surface area contributed by atoms with Gasteiger partial charge in [0.1, 0.15) is 11.9 Å². The fourth-order valence-corrected chi connectivity index (χ4v) is 5.51. The number of sulfonamides is 1. The minimum Gasteiger partial charge on any atom is -0.497 e. The lowest BCUT2D eigenvalue weighted by atomic mass is 10.1. The molecule has 9 heteroatoms. The Labute approximate surface area is 193 Å². The summed E-state index contributed by atoms with van der Waals surface area (Å²) < 4.78 is 39.0. The summed E-state index contributed by atoms with van der Waals surface area (Å²) in [6.07, 6.45) is 3.62. The van der Waals surface area contributed by atoms with Crippen LogP contribution in [0.3, 0.4) is 0 Å². The van der Waals surface area contributed by atoms with Crippen LogP contribution in [0.4, 0.5) is 0 Å². The molecule has 0 unspecified atom stereocenters. The van der Waals surface area contributed by atoms with Gasteiger partial charge in [-0.15, -0.1) is 0 Å². The average molecular weight is 473 g/mol. The summed E-state index contributed by atoms with van der Waals surface area (Å²) in [5.41, 5.74) is 2.51. The molecule has 0 spiro atoms. The molecule has 4 rings (SSSR count). The van der Waals surface area contributed by atoms with E-state index in [4.69, 9.17) is 9.47 Å². The number of aliphatic hydroxyl groups excluding tert-OH is 1. The zero-order chi connectivity index (χ0) is 23.4. The molecule has 33 heavy (non-hydrogen) atoms. The molecule has 3 N–H and O–H groups in total. The number of amides is 1.